The van der Waals surface area contributed by atoms with E-state index < -0.39 is 0 Å². The molecule has 32 heavy (non-hydrogen) atoms. The molecular formula is C25H42N4O3. The van der Waals surface area contributed by atoms with Gasteiger partial charge in [0.25, 0.3) is 0 Å². The van der Waals surface area contributed by atoms with E-state index >= 15 is 0 Å². The highest BCUT2D eigenvalue weighted by molar-refractivity contribution is 5.66. The Labute approximate surface area is 193 Å². The van der Waals surface area contributed by atoms with Gasteiger partial charge in [0, 0.05) is 5.56 Å². The molecule has 0 atom stereocenters. The van der Waals surface area contributed by atoms with Crippen LogP contribution in [0.5, 0.6) is 17.2 Å². The summed E-state index contributed by atoms with van der Waals surface area (Å²) in [6.07, 6.45) is 13.8. The third kappa shape index (κ3) is 9.45. The van der Waals surface area contributed by atoms with Crippen LogP contribution in [-0.2, 0) is 0 Å². The molecular weight excluding hydrogens is 404 g/mol. The lowest BCUT2D eigenvalue weighted by Gasteiger charge is -2.18. The molecule has 0 unspecified atom stereocenters. The quantitative estimate of drug-likeness (QED) is 0.241. The number of hydrogen-bond acceptors (Lipinski definition) is 6. The van der Waals surface area contributed by atoms with Crippen molar-refractivity contribution in [1.29, 1.82) is 0 Å². The molecule has 1 aromatic heterocycles. The summed E-state index contributed by atoms with van der Waals surface area (Å²) in [5.74, 6) is 2.61. The summed E-state index contributed by atoms with van der Waals surface area (Å²) < 4.78 is 18.6. The smallest absolute Gasteiger partial charge is 0.204 e. The molecule has 0 saturated heterocycles. The van der Waals surface area contributed by atoms with E-state index in [0.717, 1.165) is 44.1 Å². The molecule has 0 saturated carbocycles. The van der Waals surface area contributed by atoms with E-state index in [9.17, 15) is 0 Å². The fraction of sp³-hybridized carbons (Fsp3) is 0.720. The Morgan fingerprint density at radius 3 is 1.59 bits per heavy atom. The Morgan fingerprint density at radius 2 is 1.16 bits per heavy atom. The van der Waals surface area contributed by atoms with Crippen LogP contribution in [0.25, 0.3) is 11.4 Å². The summed E-state index contributed by atoms with van der Waals surface area (Å²) in [5.41, 5.74) is 0.809. The van der Waals surface area contributed by atoms with Gasteiger partial charge in [-0.25, -0.2) is 0 Å². The maximum Gasteiger partial charge on any atom is 0.204 e. The molecule has 2 rings (SSSR count). The van der Waals surface area contributed by atoms with E-state index in [1.807, 2.05) is 12.1 Å². The van der Waals surface area contributed by atoms with Gasteiger partial charge in [-0.15, -0.1) is 10.2 Å². The second-order valence-electron chi connectivity index (χ2n) is 8.26. The van der Waals surface area contributed by atoms with Gasteiger partial charge in [-0.1, -0.05) is 78.6 Å². The van der Waals surface area contributed by atoms with Gasteiger partial charge in [-0.3, -0.25) is 0 Å². The zero-order valence-corrected chi connectivity index (χ0v) is 20.3. The maximum absolute atomic E-state index is 6.23. The Balaban J connectivity index is 2.18. The standard InChI is InChI=1S/C25H42N4O3/c1-4-7-10-13-16-30-22-19-21(25-26-28-29-27-25)20-23(31-17-14-11-8-5-2)24(22)32-18-15-12-9-6-3/h19-20H,4-18H2,1-3H3,(H,26,27,28,29). The molecule has 2 aromatic rings. The fourth-order valence-corrected chi connectivity index (χ4v) is 3.47. The number of nitrogens with zero attached hydrogens (tertiary/aromatic N) is 3. The topological polar surface area (TPSA) is 82.2 Å². The van der Waals surface area contributed by atoms with Crippen LogP contribution in [0, 0.1) is 0 Å². The molecule has 1 aromatic carbocycles. The van der Waals surface area contributed by atoms with E-state index in [1.54, 1.807) is 0 Å². The molecule has 0 bridgehead atoms. The minimum Gasteiger partial charge on any atom is -0.490 e. The first-order chi connectivity index (χ1) is 15.8. The van der Waals surface area contributed by atoms with Crippen molar-refractivity contribution in [2.24, 2.45) is 0 Å². The third-order valence-corrected chi connectivity index (χ3v) is 5.38. The van der Waals surface area contributed by atoms with E-state index in [1.165, 1.54) is 38.5 Å². The molecule has 0 aliphatic heterocycles. The van der Waals surface area contributed by atoms with Crippen molar-refractivity contribution in [2.75, 3.05) is 19.8 Å². The van der Waals surface area contributed by atoms with Crippen molar-refractivity contribution in [3.63, 3.8) is 0 Å². The van der Waals surface area contributed by atoms with Crippen molar-refractivity contribution in [2.45, 2.75) is 97.8 Å². The van der Waals surface area contributed by atoms with Crippen LogP contribution in [0.3, 0.4) is 0 Å². The predicted molar refractivity (Wildman–Crippen MR) is 129 cm³/mol. The van der Waals surface area contributed by atoms with Crippen LogP contribution in [0.2, 0.25) is 0 Å². The maximum atomic E-state index is 6.23. The van der Waals surface area contributed by atoms with Gasteiger partial charge in [0.2, 0.25) is 11.6 Å². The van der Waals surface area contributed by atoms with Crippen LogP contribution in [-0.4, -0.2) is 40.4 Å². The Morgan fingerprint density at radius 1 is 0.656 bits per heavy atom. The first-order valence-corrected chi connectivity index (χ1v) is 12.6. The van der Waals surface area contributed by atoms with Crippen LogP contribution < -0.4 is 14.2 Å². The molecule has 0 aliphatic rings. The van der Waals surface area contributed by atoms with E-state index in [4.69, 9.17) is 14.2 Å². The number of hydrogen-bond donors (Lipinski definition) is 1. The molecule has 0 amide bonds. The molecule has 0 radical (unpaired) electrons. The average Bonchev–Trinajstić information content (AvgIpc) is 3.34. The lowest BCUT2D eigenvalue weighted by atomic mass is 10.1. The molecule has 180 valence electrons. The number of unbranched alkanes of at least 4 members (excludes halogenated alkanes) is 9. The normalized spacial score (nSPS) is 11.0. The Kier molecular flexibility index (Phi) is 13.2. The summed E-state index contributed by atoms with van der Waals surface area (Å²) in [6, 6.07) is 3.88. The van der Waals surface area contributed by atoms with Crippen molar-refractivity contribution >= 4 is 0 Å². The summed E-state index contributed by atoms with van der Waals surface area (Å²) in [4.78, 5) is 0. The third-order valence-electron chi connectivity index (χ3n) is 5.38. The highest BCUT2D eigenvalue weighted by Gasteiger charge is 2.18. The number of aromatic amines is 1. The summed E-state index contributed by atoms with van der Waals surface area (Å²) in [7, 11) is 0. The van der Waals surface area contributed by atoms with E-state index in [-0.39, 0.29) is 0 Å². The first-order valence-electron chi connectivity index (χ1n) is 12.6. The molecule has 1 heterocycles. The number of nitrogens with one attached hydrogen (secondary N) is 1. The number of benzene rings is 1. The fourth-order valence-electron chi connectivity index (χ4n) is 3.47. The number of ether oxygens (including phenoxy) is 3. The van der Waals surface area contributed by atoms with Gasteiger partial charge in [-0.2, -0.15) is 5.21 Å². The zero-order valence-electron chi connectivity index (χ0n) is 20.3. The molecule has 7 heteroatoms. The first kappa shape index (κ1) is 25.9. The molecule has 0 fully saturated rings. The van der Waals surface area contributed by atoms with Crippen LogP contribution in [0.1, 0.15) is 97.8 Å². The highest BCUT2D eigenvalue weighted by Crippen LogP contribution is 2.41. The number of tetrazole rings is 1. The lowest BCUT2D eigenvalue weighted by Crippen LogP contribution is -2.07. The van der Waals surface area contributed by atoms with Gasteiger partial charge >= 0.3 is 0 Å². The van der Waals surface area contributed by atoms with Gasteiger partial charge in [-0.05, 0) is 36.6 Å². The van der Waals surface area contributed by atoms with Crippen molar-refractivity contribution < 1.29 is 14.2 Å². The van der Waals surface area contributed by atoms with Gasteiger partial charge in [0.15, 0.2) is 11.5 Å². The number of aromatic nitrogens is 4. The highest BCUT2D eigenvalue weighted by atomic mass is 16.5. The molecule has 7 nitrogen and oxygen atoms in total. The van der Waals surface area contributed by atoms with Crippen LogP contribution in [0.4, 0.5) is 0 Å². The van der Waals surface area contributed by atoms with Crippen molar-refractivity contribution in [3.8, 4) is 28.6 Å². The summed E-state index contributed by atoms with van der Waals surface area (Å²) >= 11 is 0. The number of rotatable bonds is 19. The summed E-state index contributed by atoms with van der Waals surface area (Å²) in [5, 5.41) is 14.5. The van der Waals surface area contributed by atoms with Crippen molar-refractivity contribution in [3.05, 3.63) is 12.1 Å². The van der Waals surface area contributed by atoms with E-state index in [0.29, 0.717) is 42.9 Å². The Hall–Kier alpha value is -2.31. The Bertz CT molecular complexity index is 687. The zero-order chi connectivity index (χ0) is 22.9. The predicted octanol–water partition coefficient (Wildman–Crippen LogP) is 6.74. The summed E-state index contributed by atoms with van der Waals surface area (Å²) in [6.45, 7) is 8.59. The SMILES string of the molecule is CCCCCCOc1cc(-c2nn[nH]n2)cc(OCCCCCC)c1OCCCCCC. The minimum absolute atomic E-state index is 0.520. The van der Waals surface area contributed by atoms with Crippen LogP contribution >= 0.6 is 0 Å². The van der Waals surface area contributed by atoms with Gasteiger partial charge in [0.1, 0.15) is 0 Å². The van der Waals surface area contributed by atoms with Crippen LogP contribution in [0.15, 0.2) is 12.1 Å². The number of H-pyrrole nitrogens is 1. The molecule has 0 aliphatic carbocycles. The molecule has 0 spiro atoms. The largest absolute Gasteiger partial charge is 0.490 e. The average molecular weight is 447 g/mol. The monoisotopic (exact) mass is 446 g/mol. The van der Waals surface area contributed by atoms with Gasteiger partial charge in [0.05, 0.1) is 19.8 Å². The second kappa shape index (κ2) is 16.3. The van der Waals surface area contributed by atoms with Crippen molar-refractivity contribution in [1.82, 2.24) is 20.6 Å². The van der Waals surface area contributed by atoms with E-state index in [2.05, 4.69) is 41.4 Å². The van der Waals surface area contributed by atoms with Gasteiger partial charge < -0.3 is 14.2 Å². The second-order valence-corrected chi connectivity index (χ2v) is 8.26. The minimum atomic E-state index is 0.520. The molecule has 1 N–H and O–H groups in total. The lowest BCUT2D eigenvalue weighted by molar-refractivity contribution is 0.234.